The number of rotatable bonds is 15. The van der Waals surface area contributed by atoms with Crippen molar-refractivity contribution in [2.24, 2.45) is 0 Å². The normalized spacial score (nSPS) is 17.1. The molecule has 0 aromatic rings. The molecule has 0 spiro atoms. The summed E-state index contributed by atoms with van der Waals surface area (Å²) in [5, 5.41) is 0. The molecule has 0 amide bonds. The molecular weight excluding hydrogens is 1360 g/mol. The second-order valence-electron chi connectivity index (χ2n) is 8.80. The fraction of sp³-hybridized carbons (Fsp3) is 1.00. The van der Waals surface area contributed by atoms with E-state index in [0.717, 1.165) is 0 Å². The zero-order chi connectivity index (χ0) is 41.8. The fourth-order valence-electron chi connectivity index (χ4n) is 2.68. The quantitative estimate of drug-likeness (QED) is 0.131. The number of alkyl halides is 31. The van der Waals surface area contributed by atoms with E-state index in [1.165, 1.54) is 0 Å². The molecule has 0 fully saturated rings. The number of thiol groups is 1. The van der Waals surface area contributed by atoms with E-state index < -0.39 is 75.6 Å². The zero-order valence-corrected chi connectivity index (χ0v) is 45.2. The summed E-state index contributed by atoms with van der Waals surface area (Å²) in [7, 11) is -3.96. The van der Waals surface area contributed by atoms with E-state index in [1.807, 2.05) is 0 Å². The summed E-state index contributed by atoms with van der Waals surface area (Å²) in [6, 6.07) is 0. The molecule has 0 rings (SSSR count). The Morgan fingerprint density at radius 3 is 0.520 bits per heavy atom. The van der Waals surface area contributed by atoms with E-state index in [2.05, 4.69) is 4.18 Å². The first-order valence-corrected chi connectivity index (χ1v) is 22.9. The Balaban J connectivity index is 7.66. The van der Waals surface area contributed by atoms with Crippen LogP contribution in [-0.2, 0) is 15.2 Å². The molecule has 0 aromatic carbocycles. The van der Waals surface area contributed by atoms with Gasteiger partial charge in [-0.05, 0) is 0 Å². The first-order valence-electron chi connectivity index (χ1n) is 10.1. The van der Waals surface area contributed by atoms with Crippen molar-refractivity contribution in [3.8, 4) is 0 Å². The van der Waals surface area contributed by atoms with Gasteiger partial charge in [0.05, 0.1) is 0 Å². The van der Waals surface area contributed by atoms with E-state index in [9.17, 15) is 8.42 Å². The molecule has 0 aromatic heterocycles. The van der Waals surface area contributed by atoms with Crippen LogP contribution in [0.1, 0.15) is 0 Å². The number of hydrogen-bond donors (Lipinski definition) is 1. The van der Waals surface area contributed by atoms with Crippen LogP contribution in [0.5, 0.6) is 0 Å². The highest BCUT2D eigenvalue weighted by Crippen LogP contribution is 2.77. The minimum Gasteiger partial charge on any atom is -0.229 e. The van der Waals surface area contributed by atoms with Crippen molar-refractivity contribution >= 4 is 371 Å². The van der Waals surface area contributed by atoms with Gasteiger partial charge in [-0.3, -0.25) is 0 Å². The third-order valence-corrected chi connectivity index (χ3v) is 28.2. The van der Waals surface area contributed by atoms with Crippen molar-refractivity contribution in [1.29, 1.82) is 0 Å². The molecule has 0 bridgehead atoms. The summed E-state index contributed by atoms with van der Waals surface area (Å²) in [4.78, 5) is 0. The van der Waals surface area contributed by atoms with Crippen molar-refractivity contribution in [1.82, 2.24) is 0 Å². The van der Waals surface area contributed by atoms with E-state index >= 15 is 0 Å². The minimum atomic E-state index is -3.96. The highest BCUT2D eigenvalue weighted by atomic mass is 35.6. The van der Waals surface area contributed by atoms with Gasteiger partial charge in [0.1, 0.15) is 0 Å². The Morgan fingerprint density at radius 2 is 0.380 bits per heavy atom. The summed E-state index contributed by atoms with van der Waals surface area (Å²) < 4.78 is -25.2. The topological polar surface area (TPSA) is 43.4 Å². The number of halogens is 31. The predicted molar refractivity (Wildman–Crippen MR) is 234 cm³/mol. The summed E-state index contributed by atoms with van der Waals surface area (Å²) in [6.45, 7) is 0. The first-order chi connectivity index (χ1) is 20.9. The molecule has 0 atom stereocenters. The molecule has 50 heavy (non-hydrogen) atoms. The summed E-state index contributed by atoms with van der Waals surface area (Å²) in [5.74, 6) is 0. The van der Waals surface area contributed by atoms with Crippen LogP contribution in [0.25, 0.3) is 0 Å². The second-order valence-corrected chi connectivity index (χ2v) is 30.2. The lowest BCUT2D eigenvalue weighted by atomic mass is 9.97. The molecule has 0 saturated carbocycles. The van der Waals surface area contributed by atoms with Crippen molar-refractivity contribution in [3.63, 3.8) is 0 Å². The van der Waals surface area contributed by atoms with Crippen LogP contribution in [0.2, 0.25) is 0 Å². The lowest BCUT2D eigenvalue weighted by Crippen LogP contribution is -2.75. The predicted octanol–water partition coefficient (Wildman–Crippen LogP) is 17.3. The van der Waals surface area contributed by atoms with Gasteiger partial charge in [-0.15, -0.1) is 0 Å². The Morgan fingerprint density at radius 1 is 0.240 bits per heavy atom. The maximum atomic E-state index is 11.2. The molecule has 0 aliphatic carbocycles. The summed E-state index contributed by atoms with van der Waals surface area (Å²) >= 11 is 194. The standard InChI is InChI=1S/C15HCl31O3S/c16-1(17,2(18,19)4(22,23)6(26,27)8(30,31)10(34,35)12(38,39)14(42,43)44)3(20,21)5(24,25)7(28,29)9(32,33)11(36,37)13(40,41)15(45,46)49-50(47)48/h50H. The van der Waals surface area contributed by atoms with Gasteiger partial charge in [0, 0.05) is 0 Å². The fourth-order valence-corrected chi connectivity index (χ4v) is 13.6. The molecule has 0 saturated heterocycles. The SMILES string of the molecule is O=[SH](=O)OC(Cl)(Cl)C(Cl)(Cl)C(Cl)(Cl)C(Cl)(Cl)C(Cl)(Cl)C(Cl)(Cl)C(Cl)(Cl)C(Cl)(Cl)C(Cl)(Cl)C(Cl)(Cl)C(Cl)(Cl)C(Cl)(Cl)C(Cl)(Cl)C(Cl)(Cl)C(Cl)(Cl)Cl. The van der Waals surface area contributed by atoms with Crippen molar-refractivity contribution < 1.29 is 12.6 Å². The molecule has 0 aliphatic heterocycles. The highest BCUT2D eigenvalue weighted by molar-refractivity contribution is 7.67. The van der Waals surface area contributed by atoms with E-state index in [-0.39, 0.29) is 0 Å². The molecule has 0 heterocycles. The van der Waals surface area contributed by atoms with Gasteiger partial charge in [-0.1, -0.05) is 360 Å². The molecule has 302 valence electrons. The first kappa shape index (κ1) is 58.9. The molecule has 0 aliphatic rings. The minimum absolute atomic E-state index is 2.85. The molecule has 35 heteroatoms. The lowest BCUT2D eigenvalue weighted by molar-refractivity contribution is 0.223. The highest BCUT2D eigenvalue weighted by Gasteiger charge is 2.87. The Hall–Kier alpha value is 8.90. The Labute approximate surface area is 440 Å². The second kappa shape index (κ2) is 17.7. The summed E-state index contributed by atoms with van der Waals surface area (Å²) in [6.07, 6.45) is 0. The van der Waals surface area contributed by atoms with E-state index in [0.29, 0.717) is 0 Å². The Bertz CT molecular complexity index is 1330. The van der Waals surface area contributed by atoms with Crippen LogP contribution in [-0.4, -0.2) is 73.1 Å². The van der Waals surface area contributed by atoms with Gasteiger partial charge >= 0.3 is 0 Å². The third kappa shape index (κ3) is 9.08. The average Bonchev–Trinajstić information content (AvgIpc) is 2.85. The van der Waals surface area contributed by atoms with Gasteiger partial charge in [-0.25, -0.2) is 12.6 Å². The van der Waals surface area contributed by atoms with Gasteiger partial charge < -0.3 is 0 Å². The molecule has 0 N–H and O–H groups in total. The van der Waals surface area contributed by atoms with Crippen LogP contribution in [0, 0.1) is 0 Å². The van der Waals surface area contributed by atoms with Crippen molar-refractivity contribution in [2.75, 3.05) is 0 Å². The Kier molecular flexibility index (Phi) is 20.9. The van der Waals surface area contributed by atoms with Gasteiger partial charge in [0.15, 0.2) is 47.7 Å². The molecular formula is C15HCl31O3S. The van der Waals surface area contributed by atoms with Gasteiger partial charge in [-0.2, -0.15) is 0 Å². The maximum Gasteiger partial charge on any atom is 0.270 e. The maximum absolute atomic E-state index is 11.2. The van der Waals surface area contributed by atoms with Gasteiger partial charge in [0.25, 0.3) is 15.5 Å². The van der Waals surface area contributed by atoms with E-state index in [1.54, 1.807) is 0 Å². The van der Waals surface area contributed by atoms with Crippen LogP contribution in [0.4, 0.5) is 0 Å². The smallest absolute Gasteiger partial charge is 0.229 e. The lowest BCUT2D eigenvalue weighted by Gasteiger charge is -2.58. The van der Waals surface area contributed by atoms with Crippen molar-refractivity contribution in [3.05, 3.63) is 0 Å². The number of hydrogen-bond acceptors (Lipinski definition) is 3. The summed E-state index contributed by atoms with van der Waals surface area (Å²) in [5.41, 5.74) is 0. The van der Waals surface area contributed by atoms with Crippen LogP contribution >= 0.6 is 360 Å². The van der Waals surface area contributed by atoms with E-state index in [4.69, 9.17) is 360 Å². The van der Waals surface area contributed by atoms with Crippen LogP contribution in [0.3, 0.4) is 0 Å². The molecule has 0 unspecified atom stereocenters. The van der Waals surface area contributed by atoms with Crippen LogP contribution in [0.15, 0.2) is 0 Å². The van der Waals surface area contributed by atoms with Gasteiger partial charge in [0.2, 0.25) is 12.5 Å². The largest absolute Gasteiger partial charge is 0.270 e. The van der Waals surface area contributed by atoms with Crippen LogP contribution < -0.4 is 0 Å². The molecule has 3 nitrogen and oxygen atoms in total. The molecule has 0 radical (unpaired) electrons. The third-order valence-electron chi connectivity index (χ3n) is 5.64. The average molecular weight is 1360 g/mol. The zero-order valence-electron chi connectivity index (χ0n) is 20.9. The van der Waals surface area contributed by atoms with Crippen molar-refractivity contribution in [2.45, 2.75) is 64.6 Å². The monoisotopic (exact) mass is 1340 g/mol.